The third-order valence-electron chi connectivity index (χ3n) is 12.6. The van der Waals surface area contributed by atoms with Crippen molar-refractivity contribution in [3.63, 3.8) is 0 Å². The summed E-state index contributed by atoms with van der Waals surface area (Å²) in [5.41, 5.74) is 0. The lowest BCUT2D eigenvalue weighted by atomic mass is 9.96. The van der Waals surface area contributed by atoms with Gasteiger partial charge >= 0.3 is 0 Å². The van der Waals surface area contributed by atoms with Gasteiger partial charge in [0, 0.05) is 6.42 Å². The first-order chi connectivity index (χ1) is 31.3. The van der Waals surface area contributed by atoms with Crippen molar-refractivity contribution in [2.75, 3.05) is 26.4 Å². The highest BCUT2D eigenvalue weighted by Crippen LogP contribution is 2.33. The van der Waals surface area contributed by atoms with Gasteiger partial charge in [-0.25, -0.2) is 0 Å². The van der Waals surface area contributed by atoms with E-state index >= 15 is 0 Å². The highest BCUT2D eigenvalue weighted by Gasteiger charge is 2.53. The molecule has 17 atom stereocenters. The van der Waals surface area contributed by atoms with Crippen molar-refractivity contribution in [1.82, 2.24) is 5.32 Å². The molecule has 1 amide bonds. The smallest absolute Gasteiger partial charge is 0.220 e. The van der Waals surface area contributed by atoms with Crippen LogP contribution in [0.4, 0.5) is 0 Å². The Morgan fingerprint density at radius 1 is 0.538 bits per heavy atom. The third kappa shape index (κ3) is 19.1. The summed E-state index contributed by atoms with van der Waals surface area (Å²) in [7, 11) is 0. The molecule has 0 saturated carbocycles. The molecular weight excluding hydrogens is 854 g/mol. The molecule has 3 heterocycles. The van der Waals surface area contributed by atoms with Gasteiger partial charge in [0.15, 0.2) is 18.9 Å². The van der Waals surface area contributed by atoms with Crippen LogP contribution in [0.15, 0.2) is 12.2 Å². The summed E-state index contributed by atoms with van der Waals surface area (Å²) in [6.45, 7) is 1.61. The van der Waals surface area contributed by atoms with E-state index in [1.165, 1.54) is 57.8 Å². The van der Waals surface area contributed by atoms with Crippen LogP contribution >= 0.6 is 0 Å². The summed E-state index contributed by atoms with van der Waals surface area (Å²) in [6.07, 6.45) is -1.74. The SMILES string of the molecule is CCCCCCCCCCCCC/C=C/C(O)C(COC1OC(CO)C(OC2OC(CO)C(OC3OC(CO)C(O)C(O)C3O)C(O)C2O)C(O)C1O)NC(=O)CCCCCCCCC. The summed E-state index contributed by atoms with van der Waals surface area (Å²) >= 11 is 0. The predicted molar refractivity (Wildman–Crippen MR) is 236 cm³/mol. The Morgan fingerprint density at radius 2 is 0.954 bits per heavy atom. The topological polar surface area (TPSA) is 307 Å². The normalized spacial score (nSPS) is 34.2. The second kappa shape index (κ2) is 32.4. The summed E-state index contributed by atoms with van der Waals surface area (Å²) in [4.78, 5) is 13.1. The number of hydrogen-bond acceptors (Lipinski definition) is 18. The maximum absolute atomic E-state index is 13.1. The first kappa shape index (κ1) is 57.8. The zero-order valence-corrected chi connectivity index (χ0v) is 38.7. The van der Waals surface area contributed by atoms with Crippen LogP contribution in [0.1, 0.15) is 142 Å². The Labute approximate surface area is 385 Å². The van der Waals surface area contributed by atoms with Crippen molar-refractivity contribution in [2.24, 2.45) is 0 Å². The summed E-state index contributed by atoms with van der Waals surface area (Å²) in [5, 5.41) is 119. The molecule has 3 aliphatic heterocycles. The van der Waals surface area contributed by atoms with Gasteiger partial charge in [0.2, 0.25) is 5.91 Å². The molecule has 0 aliphatic carbocycles. The van der Waals surface area contributed by atoms with E-state index in [0.29, 0.717) is 6.42 Å². The summed E-state index contributed by atoms with van der Waals surface area (Å²) in [5.74, 6) is -0.285. The molecule has 0 bridgehead atoms. The molecule has 19 nitrogen and oxygen atoms in total. The monoisotopic (exact) mass is 940 g/mol. The Kier molecular flexibility index (Phi) is 28.8. The molecule has 3 rings (SSSR count). The fourth-order valence-electron chi connectivity index (χ4n) is 8.42. The van der Waals surface area contributed by atoms with Crippen molar-refractivity contribution < 1.29 is 89.4 Å². The first-order valence-corrected chi connectivity index (χ1v) is 24.4. The fraction of sp³-hybridized carbons (Fsp3) is 0.935. The molecule has 12 N–H and O–H groups in total. The number of carbonyl (C=O) groups excluding carboxylic acids is 1. The molecule has 382 valence electrons. The maximum atomic E-state index is 13.1. The minimum absolute atomic E-state index is 0.244. The molecule has 0 radical (unpaired) electrons. The van der Waals surface area contributed by atoms with Gasteiger partial charge < -0.3 is 89.9 Å². The standard InChI is InChI=1S/C46H85NO18/c1-3-5-7-9-11-12-13-14-15-16-18-19-21-23-30(51)29(47-34(52)24-22-20-17-10-8-6-4-2)28-60-44-40(58)37(55)42(32(26-49)62-44)65-46-41(59)38(56)43(33(27-50)63-46)64-45-39(57)36(54)35(53)31(25-48)61-45/h21,23,29-33,35-46,48-51,53-59H,3-20,22,24-28H2,1-2H3,(H,47,52)/b23-21+. The van der Waals surface area contributed by atoms with Gasteiger partial charge in [-0.2, -0.15) is 0 Å². The molecule has 3 aliphatic rings. The zero-order valence-electron chi connectivity index (χ0n) is 38.7. The zero-order chi connectivity index (χ0) is 47.7. The third-order valence-corrected chi connectivity index (χ3v) is 12.6. The molecule has 0 spiro atoms. The van der Waals surface area contributed by atoms with E-state index < -0.39 is 124 Å². The lowest BCUT2D eigenvalue weighted by Gasteiger charge is -2.48. The fourth-order valence-corrected chi connectivity index (χ4v) is 8.42. The van der Waals surface area contributed by atoms with Crippen LogP contribution in [0, 0.1) is 0 Å². The number of allylic oxidation sites excluding steroid dienone is 1. The van der Waals surface area contributed by atoms with Crippen LogP contribution in [0.25, 0.3) is 0 Å². The Balaban J connectivity index is 1.58. The van der Waals surface area contributed by atoms with E-state index in [2.05, 4.69) is 19.2 Å². The number of unbranched alkanes of at least 4 members (excludes halogenated alkanes) is 17. The Bertz CT molecular complexity index is 1260. The number of amides is 1. The van der Waals surface area contributed by atoms with Crippen molar-refractivity contribution in [2.45, 2.75) is 247 Å². The average molecular weight is 940 g/mol. The van der Waals surface area contributed by atoms with Crippen LogP contribution < -0.4 is 5.32 Å². The van der Waals surface area contributed by atoms with Crippen molar-refractivity contribution in [1.29, 1.82) is 0 Å². The van der Waals surface area contributed by atoms with Crippen LogP contribution in [-0.2, 0) is 33.2 Å². The number of nitrogens with one attached hydrogen (secondary N) is 1. The Hall–Kier alpha value is -1.47. The lowest BCUT2D eigenvalue weighted by molar-refractivity contribution is -0.379. The average Bonchev–Trinajstić information content (AvgIpc) is 3.30. The molecule has 0 aromatic heterocycles. The second-order valence-corrected chi connectivity index (χ2v) is 17.9. The molecule has 3 saturated heterocycles. The van der Waals surface area contributed by atoms with Crippen LogP contribution in [0.3, 0.4) is 0 Å². The summed E-state index contributed by atoms with van der Waals surface area (Å²) < 4.78 is 34.0. The predicted octanol–water partition coefficient (Wildman–Crippen LogP) is 0.695. The van der Waals surface area contributed by atoms with Crippen LogP contribution in [0.5, 0.6) is 0 Å². The van der Waals surface area contributed by atoms with Gasteiger partial charge in [0.25, 0.3) is 0 Å². The first-order valence-electron chi connectivity index (χ1n) is 24.4. The largest absolute Gasteiger partial charge is 0.394 e. The van der Waals surface area contributed by atoms with Crippen LogP contribution in [0.2, 0.25) is 0 Å². The highest BCUT2D eigenvalue weighted by molar-refractivity contribution is 5.76. The minimum Gasteiger partial charge on any atom is -0.394 e. The maximum Gasteiger partial charge on any atom is 0.220 e. The lowest BCUT2D eigenvalue weighted by Crippen LogP contribution is -2.66. The number of rotatable bonds is 33. The van der Waals surface area contributed by atoms with E-state index in [4.69, 9.17) is 28.4 Å². The molecule has 0 aromatic rings. The van der Waals surface area contributed by atoms with E-state index in [-0.39, 0.29) is 18.9 Å². The quantitative estimate of drug-likeness (QED) is 0.0318. The molecule has 3 fully saturated rings. The molecular formula is C46H85NO18. The van der Waals surface area contributed by atoms with Crippen molar-refractivity contribution in [3.05, 3.63) is 12.2 Å². The van der Waals surface area contributed by atoms with Crippen molar-refractivity contribution in [3.8, 4) is 0 Å². The minimum atomic E-state index is -1.97. The van der Waals surface area contributed by atoms with E-state index in [1.807, 2.05) is 6.08 Å². The second-order valence-electron chi connectivity index (χ2n) is 17.9. The van der Waals surface area contributed by atoms with Gasteiger partial charge in [-0.3, -0.25) is 4.79 Å². The van der Waals surface area contributed by atoms with Gasteiger partial charge in [-0.1, -0.05) is 129 Å². The molecule has 19 heteroatoms. The van der Waals surface area contributed by atoms with Gasteiger partial charge in [-0.05, 0) is 19.3 Å². The van der Waals surface area contributed by atoms with E-state index in [0.717, 1.165) is 57.8 Å². The van der Waals surface area contributed by atoms with Crippen molar-refractivity contribution >= 4 is 5.91 Å². The van der Waals surface area contributed by atoms with Crippen LogP contribution in [-0.4, -0.2) is 193 Å². The number of aliphatic hydroxyl groups is 11. The van der Waals surface area contributed by atoms with Gasteiger partial charge in [0.1, 0.15) is 73.2 Å². The summed E-state index contributed by atoms with van der Waals surface area (Å²) in [6, 6.07) is -0.962. The van der Waals surface area contributed by atoms with E-state index in [9.17, 15) is 61.0 Å². The number of aliphatic hydroxyl groups excluding tert-OH is 11. The van der Waals surface area contributed by atoms with Gasteiger partial charge in [0.05, 0.1) is 38.6 Å². The molecule has 65 heavy (non-hydrogen) atoms. The highest BCUT2D eigenvalue weighted by atomic mass is 16.8. The molecule has 17 unspecified atom stereocenters. The number of ether oxygens (including phenoxy) is 6. The Morgan fingerprint density at radius 3 is 1.45 bits per heavy atom. The molecule has 0 aromatic carbocycles. The number of hydrogen-bond donors (Lipinski definition) is 12. The number of carbonyl (C=O) groups is 1. The van der Waals surface area contributed by atoms with Gasteiger partial charge in [-0.15, -0.1) is 0 Å². The van der Waals surface area contributed by atoms with E-state index in [1.54, 1.807) is 6.08 Å².